The molecule has 1 atom stereocenters. The Kier molecular flexibility index (Phi) is 4.02. The molecule has 0 N–H and O–H groups in total. The second-order valence-corrected chi connectivity index (χ2v) is 4.11. The fourth-order valence-electron chi connectivity index (χ4n) is 1.65. The van der Waals surface area contributed by atoms with Crippen molar-refractivity contribution < 1.29 is 4.74 Å². The highest BCUT2D eigenvalue weighted by molar-refractivity contribution is 4.71. The van der Waals surface area contributed by atoms with E-state index in [4.69, 9.17) is 4.74 Å². The molecule has 1 heterocycles. The minimum Gasteiger partial charge on any atom is -0.377 e. The van der Waals surface area contributed by atoms with Gasteiger partial charge >= 0.3 is 0 Å². The average Bonchev–Trinajstić information content (AvgIpc) is 2.35. The van der Waals surface area contributed by atoms with Gasteiger partial charge in [0.25, 0.3) is 0 Å². The molecule has 0 unspecified atom stereocenters. The van der Waals surface area contributed by atoms with Gasteiger partial charge in [0.2, 0.25) is 0 Å². The molecule has 1 aliphatic heterocycles. The van der Waals surface area contributed by atoms with Gasteiger partial charge in [0, 0.05) is 13.1 Å². The van der Waals surface area contributed by atoms with E-state index < -0.39 is 0 Å². The topological polar surface area (TPSA) is 12.5 Å². The summed E-state index contributed by atoms with van der Waals surface area (Å²) < 4.78 is 5.50. The summed E-state index contributed by atoms with van der Waals surface area (Å²) in [4.78, 5) is 2.49. The predicted molar refractivity (Wildman–Crippen MR) is 51.3 cm³/mol. The van der Waals surface area contributed by atoms with E-state index >= 15 is 0 Å². The highest BCUT2D eigenvalue weighted by atomic mass is 16.5. The van der Waals surface area contributed by atoms with Gasteiger partial charge in [-0.15, -0.1) is 0 Å². The summed E-state index contributed by atoms with van der Waals surface area (Å²) in [6.45, 7) is 11.0. The molecule has 1 saturated heterocycles. The van der Waals surface area contributed by atoms with Gasteiger partial charge < -0.3 is 9.64 Å². The van der Waals surface area contributed by atoms with Crippen molar-refractivity contribution in [3.63, 3.8) is 0 Å². The standard InChI is InChI=1S/C10H21NO/c1-9(2)12-7-6-11-5-4-10(3)8-11/h9-10H,4-8H2,1-3H3/t10-/m0/s1. The molecule has 0 saturated carbocycles. The molecule has 72 valence electrons. The molecule has 0 amide bonds. The first-order valence-corrected chi connectivity index (χ1v) is 5.02. The van der Waals surface area contributed by atoms with Crippen LogP contribution < -0.4 is 0 Å². The van der Waals surface area contributed by atoms with Crippen molar-refractivity contribution in [3.05, 3.63) is 0 Å². The number of likely N-dealkylation sites (tertiary alicyclic amines) is 1. The molecule has 0 aromatic carbocycles. The Morgan fingerprint density at radius 2 is 2.25 bits per heavy atom. The van der Waals surface area contributed by atoms with Crippen molar-refractivity contribution in [2.45, 2.75) is 33.3 Å². The third-order valence-electron chi connectivity index (χ3n) is 2.37. The fraction of sp³-hybridized carbons (Fsp3) is 1.00. The summed E-state index contributed by atoms with van der Waals surface area (Å²) >= 11 is 0. The van der Waals surface area contributed by atoms with Crippen LogP contribution in [0.3, 0.4) is 0 Å². The Bertz CT molecular complexity index is 125. The van der Waals surface area contributed by atoms with Crippen LogP contribution in [0.1, 0.15) is 27.2 Å². The predicted octanol–water partition coefficient (Wildman–Crippen LogP) is 1.75. The molecular weight excluding hydrogens is 150 g/mol. The van der Waals surface area contributed by atoms with E-state index in [-0.39, 0.29) is 0 Å². The highest BCUT2D eigenvalue weighted by Gasteiger charge is 2.17. The maximum absolute atomic E-state index is 5.50. The normalized spacial score (nSPS) is 25.5. The lowest BCUT2D eigenvalue weighted by Crippen LogP contribution is -2.25. The quantitative estimate of drug-likeness (QED) is 0.639. The molecule has 1 fully saturated rings. The van der Waals surface area contributed by atoms with E-state index in [0.717, 1.165) is 19.1 Å². The third kappa shape index (κ3) is 3.55. The summed E-state index contributed by atoms with van der Waals surface area (Å²) in [6.07, 6.45) is 1.74. The van der Waals surface area contributed by atoms with Crippen molar-refractivity contribution in [1.29, 1.82) is 0 Å². The van der Waals surface area contributed by atoms with Crippen molar-refractivity contribution in [2.75, 3.05) is 26.2 Å². The van der Waals surface area contributed by atoms with Crippen molar-refractivity contribution in [3.8, 4) is 0 Å². The zero-order chi connectivity index (χ0) is 8.97. The Hall–Kier alpha value is -0.0800. The summed E-state index contributed by atoms with van der Waals surface area (Å²) in [7, 11) is 0. The molecule has 1 aliphatic rings. The average molecular weight is 171 g/mol. The van der Waals surface area contributed by atoms with Gasteiger partial charge in [-0.2, -0.15) is 0 Å². The maximum Gasteiger partial charge on any atom is 0.0596 e. The van der Waals surface area contributed by atoms with Gasteiger partial charge in [0.1, 0.15) is 0 Å². The largest absolute Gasteiger partial charge is 0.377 e. The number of ether oxygens (including phenoxy) is 1. The van der Waals surface area contributed by atoms with Gasteiger partial charge in [-0.05, 0) is 32.7 Å². The third-order valence-corrected chi connectivity index (χ3v) is 2.37. The van der Waals surface area contributed by atoms with Gasteiger partial charge in [0.15, 0.2) is 0 Å². The van der Waals surface area contributed by atoms with Crippen molar-refractivity contribution >= 4 is 0 Å². The van der Waals surface area contributed by atoms with E-state index in [0.29, 0.717) is 6.10 Å². The molecule has 0 aliphatic carbocycles. The van der Waals surface area contributed by atoms with Crippen LogP contribution in [0.15, 0.2) is 0 Å². The van der Waals surface area contributed by atoms with Crippen molar-refractivity contribution in [1.82, 2.24) is 4.90 Å². The number of hydrogen-bond acceptors (Lipinski definition) is 2. The molecule has 0 radical (unpaired) electrons. The van der Waals surface area contributed by atoms with Crippen LogP contribution in [0.2, 0.25) is 0 Å². The summed E-state index contributed by atoms with van der Waals surface area (Å²) in [5.41, 5.74) is 0. The van der Waals surface area contributed by atoms with Crippen molar-refractivity contribution in [2.24, 2.45) is 5.92 Å². The van der Waals surface area contributed by atoms with E-state index in [1.165, 1.54) is 19.5 Å². The molecule has 1 rings (SSSR count). The molecule has 12 heavy (non-hydrogen) atoms. The SMILES string of the molecule is CC(C)OCCN1CC[C@H](C)C1. The first-order chi connectivity index (χ1) is 5.68. The van der Waals surface area contributed by atoms with Gasteiger partial charge in [-0.25, -0.2) is 0 Å². The van der Waals surface area contributed by atoms with Gasteiger partial charge in [-0.1, -0.05) is 6.92 Å². The molecule has 0 bridgehead atoms. The maximum atomic E-state index is 5.50. The summed E-state index contributed by atoms with van der Waals surface area (Å²) in [6, 6.07) is 0. The van der Waals surface area contributed by atoms with Crippen LogP contribution in [0, 0.1) is 5.92 Å². The minimum absolute atomic E-state index is 0.380. The highest BCUT2D eigenvalue weighted by Crippen LogP contribution is 2.13. The zero-order valence-electron chi connectivity index (χ0n) is 8.55. The van der Waals surface area contributed by atoms with Crippen LogP contribution in [-0.4, -0.2) is 37.2 Å². The number of hydrogen-bond donors (Lipinski definition) is 0. The van der Waals surface area contributed by atoms with E-state index in [9.17, 15) is 0 Å². The van der Waals surface area contributed by atoms with Crippen LogP contribution in [0.4, 0.5) is 0 Å². The Labute approximate surface area is 75.9 Å². The lowest BCUT2D eigenvalue weighted by atomic mass is 10.2. The summed E-state index contributed by atoms with van der Waals surface area (Å²) in [5, 5.41) is 0. The molecule has 2 heteroatoms. The van der Waals surface area contributed by atoms with Crippen LogP contribution in [-0.2, 0) is 4.74 Å². The lowest BCUT2D eigenvalue weighted by Gasteiger charge is -2.16. The molecule has 0 aromatic rings. The monoisotopic (exact) mass is 171 g/mol. The molecule has 2 nitrogen and oxygen atoms in total. The Morgan fingerprint density at radius 3 is 2.75 bits per heavy atom. The minimum atomic E-state index is 0.380. The molecular formula is C10H21NO. The first kappa shape index (κ1) is 10.0. The Morgan fingerprint density at radius 1 is 1.50 bits per heavy atom. The second-order valence-electron chi connectivity index (χ2n) is 4.11. The smallest absolute Gasteiger partial charge is 0.0596 e. The van der Waals surface area contributed by atoms with E-state index in [1.54, 1.807) is 0 Å². The number of nitrogens with zero attached hydrogens (tertiary/aromatic N) is 1. The molecule has 0 aromatic heterocycles. The number of rotatable bonds is 4. The van der Waals surface area contributed by atoms with Gasteiger partial charge in [0.05, 0.1) is 12.7 Å². The van der Waals surface area contributed by atoms with Gasteiger partial charge in [-0.3, -0.25) is 0 Å². The second kappa shape index (κ2) is 4.83. The Balaban J connectivity index is 2.00. The fourth-order valence-corrected chi connectivity index (χ4v) is 1.65. The molecule has 0 spiro atoms. The van der Waals surface area contributed by atoms with Crippen LogP contribution >= 0.6 is 0 Å². The van der Waals surface area contributed by atoms with E-state index in [1.807, 2.05) is 0 Å². The first-order valence-electron chi connectivity index (χ1n) is 5.02. The summed E-state index contributed by atoms with van der Waals surface area (Å²) in [5.74, 6) is 0.893. The van der Waals surface area contributed by atoms with Crippen LogP contribution in [0.25, 0.3) is 0 Å². The zero-order valence-corrected chi connectivity index (χ0v) is 8.55. The lowest BCUT2D eigenvalue weighted by molar-refractivity contribution is 0.0630. The van der Waals surface area contributed by atoms with E-state index in [2.05, 4.69) is 25.7 Å². The van der Waals surface area contributed by atoms with Crippen LogP contribution in [0.5, 0.6) is 0 Å².